The predicted octanol–water partition coefficient (Wildman–Crippen LogP) is 5.93. The van der Waals surface area contributed by atoms with Crippen LogP contribution in [0.5, 0.6) is 11.5 Å². The molecule has 0 saturated heterocycles. The number of carbonyl (C=O) groups is 1. The van der Waals surface area contributed by atoms with Crippen LogP contribution >= 0.6 is 0 Å². The van der Waals surface area contributed by atoms with Crippen molar-refractivity contribution in [3.05, 3.63) is 71.0 Å². The SMILES string of the molecule is Cc1cc(OC(C)(C)C(=O)O)ccc1OCC(C)c1cn(-c2ccc(C(F)(F)F)cc2)nc1C. The lowest BCUT2D eigenvalue weighted by atomic mass is 10.0. The zero-order valence-corrected chi connectivity index (χ0v) is 19.6. The second-order valence-corrected chi connectivity index (χ2v) is 8.72. The van der Waals surface area contributed by atoms with E-state index < -0.39 is 23.3 Å². The van der Waals surface area contributed by atoms with Crippen molar-refractivity contribution in [2.24, 2.45) is 0 Å². The Morgan fingerprint density at radius 1 is 1.12 bits per heavy atom. The van der Waals surface area contributed by atoms with Gasteiger partial charge in [0.15, 0.2) is 5.60 Å². The number of aliphatic carboxylic acids is 1. The van der Waals surface area contributed by atoms with Crippen molar-refractivity contribution in [2.45, 2.75) is 52.3 Å². The molecule has 182 valence electrons. The van der Waals surface area contributed by atoms with Crippen LogP contribution in [0.1, 0.15) is 49.1 Å². The molecule has 0 bridgehead atoms. The third-order valence-electron chi connectivity index (χ3n) is 5.45. The van der Waals surface area contributed by atoms with E-state index in [1.807, 2.05) is 20.8 Å². The maximum absolute atomic E-state index is 12.8. The summed E-state index contributed by atoms with van der Waals surface area (Å²) in [5.74, 6) is -0.0324. The third kappa shape index (κ3) is 5.70. The van der Waals surface area contributed by atoms with Crippen LogP contribution < -0.4 is 9.47 Å². The number of aryl methyl sites for hydroxylation is 2. The number of aromatic nitrogens is 2. The first kappa shape index (κ1) is 25.1. The van der Waals surface area contributed by atoms with Crippen LogP contribution in [-0.2, 0) is 11.0 Å². The Balaban J connectivity index is 1.68. The fourth-order valence-corrected chi connectivity index (χ4v) is 3.38. The molecule has 34 heavy (non-hydrogen) atoms. The summed E-state index contributed by atoms with van der Waals surface area (Å²) in [4.78, 5) is 11.3. The predicted molar refractivity (Wildman–Crippen MR) is 121 cm³/mol. The van der Waals surface area contributed by atoms with E-state index >= 15 is 0 Å². The molecule has 1 heterocycles. The highest BCUT2D eigenvalue weighted by Gasteiger charge is 2.30. The minimum atomic E-state index is -4.38. The van der Waals surface area contributed by atoms with Gasteiger partial charge < -0.3 is 14.6 Å². The Bertz CT molecular complexity index is 1170. The topological polar surface area (TPSA) is 73.6 Å². The summed E-state index contributed by atoms with van der Waals surface area (Å²) in [6, 6.07) is 9.95. The number of ether oxygens (including phenoxy) is 2. The van der Waals surface area contributed by atoms with Gasteiger partial charge in [0.2, 0.25) is 0 Å². The number of rotatable bonds is 8. The van der Waals surface area contributed by atoms with Gasteiger partial charge in [-0.25, -0.2) is 9.48 Å². The number of hydrogen-bond donors (Lipinski definition) is 1. The van der Waals surface area contributed by atoms with Crippen molar-refractivity contribution in [2.75, 3.05) is 6.61 Å². The fourth-order valence-electron chi connectivity index (χ4n) is 3.38. The largest absolute Gasteiger partial charge is 0.493 e. The first-order chi connectivity index (χ1) is 15.8. The molecule has 0 fully saturated rings. The second-order valence-electron chi connectivity index (χ2n) is 8.72. The van der Waals surface area contributed by atoms with Crippen LogP contribution in [-0.4, -0.2) is 33.1 Å². The molecular weight excluding hydrogens is 449 g/mol. The molecule has 0 amide bonds. The standard InChI is InChI=1S/C25H27F3N2O4/c1-15-12-20(34-24(4,5)23(31)32)10-11-22(15)33-14-16(2)21-13-30(29-17(21)3)19-8-6-18(7-9-19)25(26,27)28/h6-13,16H,14H2,1-5H3,(H,31,32). The molecule has 1 N–H and O–H groups in total. The van der Waals surface area contributed by atoms with Gasteiger partial charge in [-0.15, -0.1) is 0 Å². The summed E-state index contributed by atoms with van der Waals surface area (Å²) in [5.41, 5.74) is 0.941. The first-order valence-electron chi connectivity index (χ1n) is 10.7. The zero-order valence-electron chi connectivity index (χ0n) is 19.6. The van der Waals surface area contributed by atoms with Crippen LogP contribution in [0.15, 0.2) is 48.7 Å². The number of nitrogens with zero attached hydrogens (tertiary/aromatic N) is 2. The van der Waals surface area contributed by atoms with Gasteiger partial charge in [0.25, 0.3) is 0 Å². The van der Waals surface area contributed by atoms with E-state index in [0.717, 1.165) is 29.0 Å². The van der Waals surface area contributed by atoms with Crippen molar-refractivity contribution in [3.63, 3.8) is 0 Å². The molecule has 0 aliphatic heterocycles. The molecule has 3 rings (SSSR count). The summed E-state index contributed by atoms with van der Waals surface area (Å²) in [6.07, 6.45) is -2.59. The van der Waals surface area contributed by atoms with Crippen LogP contribution in [0.25, 0.3) is 5.69 Å². The van der Waals surface area contributed by atoms with E-state index in [-0.39, 0.29) is 5.92 Å². The molecule has 0 radical (unpaired) electrons. The van der Waals surface area contributed by atoms with E-state index in [1.54, 1.807) is 29.1 Å². The lowest BCUT2D eigenvalue weighted by Gasteiger charge is -2.22. The van der Waals surface area contributed by atoms with Gasteiger partial charge in [0.05, 0.1) is 23.6 Å². The van der Waals surface area contributed by atoms with Gasteiger partial charge in [0, 0.05) is 12.1 Å². The quantitative estimate of drug-likeness (QED) is 0.436. The Morgan fingerprint density at radius 2 is 1.76 bits per heavy atom. The molecule has 6 nitrogen and oxygen atoms in total. The summed E-state index contributed by atoms with van der Waals surface area (Å²) in [6.45, 7) is 8.96. The summed E-state index contributed by atoms with van der Waals surface area (Å²) in [5, 5.41) is 13.7. The molecule has 0 spiro atoms. The number of benzene rings is 2. The number of carboxylic acids is 1. The Kier molecular flexibility index (Phi) is 6.95. The average molecular weight is 476 g/mol. The van der Waals surface area contributed by atoms with Gasteiger partial charge in [-0.05, 0) is 81.3 Å². The highest BCUT2D eigenvalue weighted by atomic mass is 19.4. The van der Waals surface area contributed by atoms with E-state index in [0.29, 0.717) is 23.8 Å². The Hall–Kier alpha value is -3.49. The average Bonchev–Trinajstić information content (AvgIpc) is 3.14. The number of alkyl halides is 3. The molecule has 0 aliphatic carbocycles. The second kappa shape index (κ2) is 9.40. The molecule has 9 heteroatoms. The summed E-state index contributed by atoms with van der Waals surface area (Å²) in [7, 11) is 0. The smallest absolute Gasteiger partial charge is 0.416 e. The molecule has 0 saturated carbocycles. The normalized spacial score (nSPS) is 12.9. The molecule has 3 aromatic rings. The van der Waals surface area contributed by atoms with Gasteiger partial charge >= 0.3 is 12.1 Å². The third-order valence-corrected chi connectivity index (χ3v) is 5.45. The number of hydrogen-bond acceptors (Lipinski definition) is 4. The maximum Gasteiger partial charge on any atom is 0.416 e. The van der Waals surface area contributed by atoms with Gasteiger partial charge in [0.1, 0.15) is 11.5 Å². The molecule has 1 unspecified atom stereocenters. The van der Waals surface area contributed by atoms with Crippen molar-refractivity contribution in [1.82, 2.24) is 9.78 Å². The van der Waals surface area contributed by atoms with Crippen LogP contribution in [0.2, 0.25) is 0 Å². The summed E-state index contributed by atoms with van der Waals surface area (Å²) >= 11 is 0. The molecule has 0 aliphatic rings. The van der Waals surface area contributed by atoms with E-state index in [2.05, 4.69) is 5.10 Å². The highest BCUT2D eigenvalue weighted by molar-refractivity contribution is 5.76. The minimum absolute atomic E-state index is 0.0375. The lowest BCUT2D eigenvalue weighted by Crippen LogP contribution is -2.37. The molecular formula is C25H27F3N2O4. The van der Waals surface area contributed by atoms with Crippen LogP contribution in [0.3, 0.4) is 0 Å². The van der Waals surface area contributed by atoms with Gasteiger partial charge in [-0.2, -0.15) is 18.3 Å². The maximum atomic E-state index is 12.8. The number of carboxylic acid groups (broad SMARTS) is 1. The van der Waals surface area contributed by atoms with Crippen LogP contribution in [0, 0.1) is 13.8 Å². The van der Waals surface area contributed by atoms with E-state index in [1.165, 1.54) is 26.0 Å². The van der Waals surface area contributed by atoms with Crippen molar-refractivity contribution in [1.29, 1.82) is 0 Å². The lowest BCUT2D eigenvalue weighted by molar-refractivity contribution is -0.152. The van der Waals surface area contributed by atoms with Crippen molar-refractivity contribution >= 4 is 5.97 Å². The molecule has 2 aromatic carbocycles. The van der Waals surface area contributed by atoms with Crippen LogP contribution in [0.4, 0.5) is 13.2 Å². The fraction of sp³-hybridized carbons (Fsp3) is 0.360. The highest BCUT2D eigenvalue weighted by Crippen LogP contribution is 2.31. The first-order valence-corrected chi connectivity index (χ1v) is 10.7. The minimum Gasteiger partial charge on any atom is -0.493 e. The molecule has 1 aromatic heterocycles. The number of halogens is 3. The molecule has 1 atom stereocenters. The Labute approximate surface area is 195 Å². The van der Waals surface area contributed by atoms with E-state index in [4.69, 9.17) is 9.47 Å². The Morgan fingerprint density at radius 3 is 2.32 bits per heavy atom. The monoisotopic (exact) mass is 476 g/mol. The summed E-state index contributed by atoms with van der Waals surface area (Å²) < 4.78 is 51.5. The van der Waals surface area contributed by atoms with Gasteiger partial charge in [-0.1, -0.05) is 6.92 Å². The van der Waals surface area contributed by atoms with Gasteiger partial charge in [-0.3, -0.25) is 0 Å². The van der Waals surface area contributed by atoms with Crippen molar-refractivity contribution in [3.8, 4) is 17.2 Å². The van der Waals surface area contributed by atoms with E-state index in [9.17, 15) is 23.1 Å². The van der Waals surface area contributed by atoms with Crippen molar-refractivity contribution < 1.29 is 32.5 Å². The zero-order chi connectivity index (χ0) is 25.3.